The van der Waals surface area contributed by atoms with Crippen molar-refractivity contribution in [2.75, 3.05) is 24.9 Å². The maximum Gasteiger partial charge on any atom is 0.337 e. The maximum atomic E-state index is 13.1. The first-order valence-electron chi connectivity index (χ1n) is 10.2. The summed E-state index contributed by atoms with van der Waals surface area (Å²) in [4.78, 5) is 25.6. The summed E-state index contributed by atoms with van der Waals surface area (Å²) in [6.45, 7) is 3.81. The third kappa shape index (κ3) is 6.40. The van der Waals surface area contributed by atoms with E-state index in [1.54, 1.807) is 36.4 Å². The molecule has 0 amide bonds. The summed E-state index contributed by atoms with van der Waals surface area (Å²) in [5.74, 6) is -1.01. The molecule has 0 radical (unpaired) electrons. The van der Waals surface area contributed by atoms with Crippen LogP contribution in [0.2, 0.25) is 10.0 Å². The molecule has 2 rings (SSSR count). The van der Waals surface area contributed by atoms with E-state index in [4.69, 9.17) is 32.7 Å². The second-order valence-corrected chi connectivity index (χ2v) is 8.02. The Bertz CT molecular complexity index is 959. The lowest BCUT2D eigenvalue weighted by Crippen LogP contribution is -2.46. The molecule has 0 fully saturated rings. The molecule has 0 aliphatic carbocycles. The third-order valence-corrected chi connectivity index (χ3v) is 5.67. The largest absolute Gasteiger partial charge is 0.469 e. The smallest absolute Gasteiger partial charge is 0.337 e. The summed E-state index contributed by atoms with van der Waals surface area (Å²) in [6.07, 6.45) is 0.804. The summed E-state index contributed by atoms with van der Waals surface area (Å²) < 4.78 is 10.1. The molecule has 0 saturated carbocycles. The van der Waals surface area contributed by atoms with Crippen molar-refractivity contribution in [2.24, 2.45) is 0 Å². The van der Waals surface area contributed by atoms with E-state index >= 15 is 0 Å². The van der Waals surface area contributed by atoms with Crippen LogP contribution in [0.5, 0.6) is 0 Å². The normalized spacial score (nSPS) is 13.4. The highest BCUT2D eigenvalue weighted by Crippen LogP contribution is 2.35. The number of rotatable bonds is 10. The van der Waals surface area contributed by atoms with Gasteiger partial charge in [-0.3, -0.25) is 4.79 Å². The minimum absolute atomic E-state index is 0.0845. The highest BCUT2D eigenvalue weighted by molar-refractivity contribution is 6.30. The number of carbonyl (C=O) groups excluding carboxylic acids is 2. The fourth-order valence-corrected chi connectivity index (χ4v) is 3.71. The number of allylic oxidation sites excluding steroid dienone is 1. The summed E-state index contributed by atoms with van der Waals surface area (Å²) in [7, 11) is 2.64. The molecule has 0 spiro atoms. The van der Waals surface area contributed by atoms with E-state index in [1.807, 2.05) is 26.0 Å². The molecule has 6 nitrogen and oxygen atoms in total. The number of hydrogen-bond acceptors (Lipinski definition) is 6. The molecule has 2 N–H and O–H groups in total. The number of ether oxygens (including phenoxy) is 2. The number of halogens is 2. The van der Waals surface area contributed by atoms with Crippen molar-refractivity contribution in [3.63, 3.8) is 0 Å². The molecule has 0 heterocycles. The molecule has 0 aromatic heterocycles. The van der Waals surface area contributed by atoms with Crippen LogP contribution in [0.4, 0.5) is 11.4 Å². The van der Waals surface area contributed by atoms with Crippen LogP contribution in [-0.4, -0.2) is 31.7 Å². The highest BCUT2D eigenvalue weighted by Gasteiger charge is 2.42. The van der Waals surface area contributed by atoms with Gasteiger partial charge in [0.1, 0.15) is 0 Å². The van der Waals surface area contributed by atoms with Gasteiger partial charge in [-0.2, -0.15) is 0 Å². The predicted octanol–water partition coefficient (Wildman–Crippen LogP) is 6.07. The Kier molecular flexibility index (Phi) is 9.42. The Hall–Kier alpha value is -2.70. The van der Waals surface area contributed by atoms with Crippen LogP contribution in [0.15, 0.2) is 59.8 Å². The number of esters is 2. The average Bonchev–Trinajstić information content (AvgIpc) is 2.80. The first-order valence-corrected chi connectivity index (χ1v) is 11.0. The van der Waals surface area contributed by atoms with Crippen LogP contribution >= 0.6 is 23.2 Å². The average molecular weight is 479 g/mol. The van der Waals surface area contributed by atoms with Gasteiger partial charge in [0.05, 0.1) is 31.8 Å². The zero-order valence-corrected chi connectivity index (χ0v) is 20.1. The van der Waals surface area contributed by atoms with Gasteiger partial charge in [-0.15, -0.1) is 0 Å². The van der Waals surface area contributed by atoms with E-state index in [0.29, 0.717) is 39.8 Å². The van der Waals surface area contributed by atoms with Gasteiger partial charge in [0, 0.05) is 27.1 Å². The lowest BCUT2D eigenvalue weighted by molar-refractivity contribution is -0.142. The first-order chi connectivity index (χ1) is 15.3. The van der Waals surface area contributed by atoms with E-state index in [2.05, 4.69) is 10.6 Å². The molecule has 1 atom stereocenters. The molecule has 8 heteroatoms. The molecule has 0 aliphatic heterocycles. The predicted molar refractivity (Wildman–Crippen MR) is 129 cm³/mol. The Morgan fingerprint density at radius 3 is 1.84 bits per heavy atom. The molecule has 172 valence electrons. The van der Waals surface area contributed by atoms with Crippen LogP contribution in [0.1, 0.15) is 33.1 Å². The third-order valence-electron chi connectivity index (χ3n) is 5.17. The zero-order chi connectivity index (χ0) is 23.7. The van der Waals surface area contributed by atoms with Gasteiger partial charge in [-0.25, -0.2) is 4.79 Å². The molecule has 2 aromatic carbocycles. The summed E-state index contributed by atoms with van der Waals surface area (Å²) in [5, 5.41) is 7.86. The van der Waals surface area contributed by atoms with Crippen molar-refractivity contribution >= 4 is 46.5 Å². The van der Waals surface area contributed by atoms with E-state index in [1.165, 1.54) is 14.2 Å². The number of methoxy groups -OCH3 is 2. The summed E-state index contributed by atoms with van der Waals surface area (Å²) >= 11 is 12.0. The monoisotopic (exact) mass is 478 g/mol. The maximum absolute atomic E-state index is 13.1. The minimum atomic E-state index is -1.10. The molecule has 2 aromatic rings. The fourth-order valence-electron chi connectivity index (χ4n) is 3.46. The Balaban J connectivity index is 2.67. The molecule has 0 saturated heterocycles. The number of carbonyl (C=O) groups is 2. The van der Waals surface area contributed by atoms with Gasteiger partial charge in [-0.1, -0.05) is 37.0 Å². The number of benzene rings is 2. The van der Waals surface area contributed by atoms with Crippen LogP contribution in [0, 0.1) is 0 Å². The zero-order valence-electron chi connectivity index (χ0n) is 18.6. The molecule has 32 heavy (non-hydrogen) atoms. The van der Waals surface area contributed by atoms with Crippen LogP contribution in [0.25, 0.3) is 0 Å². The minimum Gasteiger partial charge on any atom is -0.469 e. The van der Waals surface area contributed by atoms with Crippen molar-refractivity contribution in [2.45, 2.75) is 38.6 Å². The van der Waals surface area contributed by atoms with E-state index in [-0.39, 0.29) is 6.42 Å². The lowest BCUT2D eigenvalue weighted by atomic mass is 9.81. The molecular weight excluding hydrogens is 451 g/mol. The standard InChI is InChI=1S/C24H28Cl2N2O4/c1-5-20(27-18-11-7-16(25)8-12-18)22(23(30)32-4)24(6-2,15-21(29)31-3)28-19-13-9-17(26)10-14-19/h7-14,27-28H,5-6,15H2,1-4H3/t24-/m1/s1. The van der Waals surface area contributed by atoms with Gasteiger partial charge >= 0.3 is 11.9 Å². The van der Waals surface area contributed by atoms with Gasteiger partial charge in [0.25, 0.3) is 0 Å². The van der Waals surface area contributed by atoms with Gasteiger partial charge in [0.15, 0.2) is 0 Å². The van der Waals surface area contributed by atoms with Crippen molar-refractivity contribution in [3.8, 4) is 0 Å². The Morgan fingerprint density at radius 2 is 1.41 bits per heavy atom. The van der Waals surface area contributed by atoms with Crippen LogP contribution in [-0.2, 0) is 19.1 Å². The SMILES string of the molecule is CCC(Nc1ccc(Cl)cc1)=C(C(=O)OC)[C@@](CC)(CC(=O)OC)Nc1ccc(Cl)cc1. The van der Waals surface area contributed by atoms with Crippen molar-refractivity contribution in [1.82, 2.24) is 0 Å². The summed E-state index contributed by atoms with van der Waals surface area (Å²) in [6, 6.07) is 14.2. The van der Waals surface area contributed by atoms with E-state index in [0.717, 1.165) is 5.69 Å². The number of anilines is 2. The van der Waals surface area contributed by atoms with Crippen LogP contribution in [0.3, 0.4) is 0 Å². The van der Waals surface area contributed by atoms with Crippen molar-refractivity contribution in [1.29, 1.82) is 0 Å². The van der Waals surface area contributed by atoms with Gasteiger partial charge < -0.3 is 20.1 Å². The summed E-state index contributed by atoms with van der Waals surface area (Å²) in [5.41, 5.74) is 1.29. The lowest BCUT2D eigenvalue weighted by Gasteiger charge is -2.37. The first kappa shape index (κ1) is 25.6. The van der Waals surface area contributed by atoms with E-state index < -0.39 is 17.5 Å². The van der Waals surface area contributed by atoms with Gasteiger partial charge in [-0.05, 0) is 61.4 Å². The fraction of sp³-hybridized carbons (Fsp3) is 0.333. The Morgan fingerprint density at radius 1 is 0.875 bits per heavy atom. The molecule has 0 bridgehead atoms. The molecule has 0 aliphatic rings. The number of nitrogens with one attached hydrogen (secondary N) is 2. The van der Waals surface area contributed by atoms with Crippen LogP contribution < -0.4 is 10.6 Å². The Labute approximate surface area is 198 Å². The van der Waals surface area contributed by atoms with Crippen molar-refractivity contribution < 1.29 is 19.1 Å². The number of hydrogen-bond donors (Lipinski definition) is 2. The molecular formula is C24H28Cl2N2O4. The highest BCUT2D eigenvalue weighted by atomic mass is 35.5. The van der Waals surface area contributed by atoms with E-state index in [9.17, 15) is 9.59 Å². The second kappa shape index (κ2) is 11.8. The van der Waals surface area contributed by atoms with Gasteiger partial charge in [0.2, 0.25) is 0 Å². The molecule has 0 unspecified atom stereocenters. The second-order valence-electron chi connectivity index (χ2n) is 7.15. The van der Waals surface area contributed by atoms with Crippen molar-refractivity contribution in [3.05, 3.63) is 69.8 Å². The quantitative estimate of drug-likeness (QED) is 0.318. The topological polar surface area (TPSA) is 76.7 Å².